The van der Waals surface area contributed by atoms with Crippen LogP contribution in [0.4, 0.5) is 0 Å². The lowest BCUT2D eigenvalue weighted by molar-refractivity contribution is 0.0781. The first-order valence-electron chi connectivity index (χ1n) is 8.50. The van der Waals surface area contributed by atoms with Crippen LogP contribution in [0.1, 0.15) is 32.9 Å². The molecule has 3 heterocycles. The fourth-order valence-corrected chi connectivity index (χ4v) is 4.25. The van der Waals surface area contributed by atoms with Gasteiger partial charge in [-0.05, 0) is 44.9 Å². The Labute approximate surface area is 151 Å². The van der Waals surface area contributed by atoms with E-state index in [-0.39, 0.29) is 17.0 Å². The molecule has 2 aromatic heterocycles. The molecule has 0 saturated carbocycles. The number of hydrogen-bond donors (Lipinski definition) is 1. The predicted octanol–water partition coefficient (Wildman–Crippen LogP) is 2.04. The van der Waals surface area contributed by atoms with E-state index in [1.165, 1.54) is 4.88 Å². The van der Waals surface area contributed by atoms with E-state index >= 15 is 0 Å². The molecule has 0 aliphatic carbocycles. The second-order valence-corrected chi connectivity index (χ2v) is 7.77. The maximum absolute atomic E-state index is 12.7. The topological polar surface area (TPSA) is 69.3 Å². The van der Waals surface area contributed by atoms with Gasteiger partial charge in [-0.1, -0.05) is 0 Å². The maximum atomic E-state index is 12.7. The van der Waals surface area contributed by atoms with Crippen molar-refractivity contribution >= 4 is 17.2 Å². The Morgan fingerprint density at radius 2 is 2.28 bits per heavy atom. The molecule has 6 nitrogen and oxygen atoms in total. The quantitative estimate of drug-likeness (QED) is 0.886. The van der Waals surface area contributed by atoms with Crippen molar-refractivity contribution in [1.82, 2.24) is 19.8 Å². The molecule has 1 aliphatic heterocycles. The van der Waals surface area contributed by atoms with Crippen molar-refractivity contribution in [3.8, 4) is 0 Å². The molecule has 1 saturated heterocycles. The fourth-order valence-electron chi connectivity index (χ4n) is 3.40. The Hall–Kier alpha value is -1.99. The maximum Gasteiger partial charge on any atom is 0.261 e. The van der Waals surface area contributed by atoms with Crippen LogP contribution in [0.5, 0.6) is 0 Å². The van der Waals surface area contributed by atoms with Gasteiger partial charge in [0, 0.05) is 37.3 Å². The summed E-state index contributed by atoms with van der Waals surface area (Å²) in [6.45, 7) is 7.09. The van der Waals surface area contributed by atoms with Gasteiger partial charge in [-0.3, -0.25) is 9.59 Å². The zero-order valence-electron chi connectivity index (χ0n) is 14.9. The van der Waals surface area contributed by atoms with E-state index in [1.807, 2.05) is 17.3 Å². The summed E-state index contributed by atoms with van der Waals surface area (Å²) in [6, 6.07) is 1.77. The first-order chi connectivity index (χ1) is 12.0. The van der Waals surface area contributed by atoms with Crippen LogP contribution in [-0.2, 0) is 6.54 Å². The Bertz CT molecular complexity index is 813. The van der Waals surface area contributed by atoms with Crippen molar-refractivity contribution in [1.29, 1.82) is 0 Å². The number of nitrogens with one attached hydrogen (secondary N) is 1. The molecular formula is C18H24N4O2S. The molecule has 7 heteroatoms. The van der Waals surface area contributed by atoms with Crippen LogP contribution < -0.4 is 5.56 Å². The second-order valence-electron chi connectivity index (χ2n) is 6.83. The molecule has 134 valence electrons. The zero-order valence-corrected chi connectivity index (χ0v) is 15.7. The van der Waals surface area contributed by atoms with Crippen LogP contribution in [0.25, 0.3) is 0 Å². The minimum atomic E-state index is -0.300. The highest BCUT2D eigenvalue weighted by molar-refractivity contribution is 7.09. The summed E-state index contributed by atoms with van der Waals surface area (Å²) >= 11 is 1.69. The number of carbonyl (C=O) groups is 1. The standard InChI is InChI=1S/C18H24N4O2S/c1-12-4-6-19-17(23)16(12)18(24)22-7-5-14(9-22)8-21(3)10-15-13(2)20-11-25-15/h4,6,11,14H,5,7-10H2,1-3H3,(H,19,23). The third kappa shape index (κ3) is 3.99. The highest BCUT2D eigenvalue weighted by Gasteiger charge is 2.29. The lowest BCUT2D eigenvalue weighted by Crippen LogP contribution is -2.35. The largest absolute Gasteiger partial charge is 0.338 e. The second kappa shape index (κ2) is 7.49. The molecule has 1 fully saturated rings. The summed E-state index contributed by atoms with van der Waals surface area (Å²) in [4.78, 5) is 37.0. The molecule has 1 amide bonds. The Morgan fingerprint density at radius 3 is 2.96 bits per heavy atom. The van der Waals surface area contributed by atoms with Gasteiger partial charge in [-0.2, -0.15) is 0 Å². The summed E-state index contributed by atoms with van der Waals surface area (Å²) in [5.41, 5.74) is 3.69. The van der Waals surface area contributed by atoms with E-state index in [1.54, 1.807) is 30.5 Å². The number of aromatic nitrogens is 2. The van der Waals surface area contributed by atoms with Crippen LogP contribution >= 0.6 is 11.3 Å². The van der Waals surface area contributed by atoms with Crippen molar-refractivity contribution in [3.63, 3.8) is 0 Å². The van der Waals surface area contributed by atoms with Gasteiger partial charge in [-0.25, -0.2) is 4.98 Å². The highest BCUT2D eigenvalue weighted by Crippen LogP contribution is 2.21. The monoisotopic (exact) mass is 360 g/mol. The number of pyridine rings is 1. The lowest BCUT2D eigenvalue weighted by Gasteiger charge is -2.21. The van der Waals surface area contributed by atoms with E-state index in [0.29, 0.717) is 19.0 Å². The molecule has 2 aromatic rings. The Balaban J connectivity index is 1.59. The van der Waals surface area contributed by atoms with E-state index in [4.69, 9.17) is 0 Å². The molecule has 1 aliphatic rings. The van der Waals surface area contributed by atoms with Gasteiger partial charge in [-0.15, -0.1) is 11.3 Å². The first-order valence-corrected chi connectivity index (χ1v) is 9.38. The van der Waals surface area contributed by atoms with E-state index in [0.717, 1.165) is 30.8 Å². The van der Waals surface area contributed by atoms with Crippen molar-refractivity contribution in [2.75, 3.05) is 26.7 Å². The van der Waals surface area contributed by atoms with Gasteiger partial charge in [0.1, 0.15) is 5.56 Å². The number of amides is 1. The average Bonchev–Trinajstić information content (AvgIpc) is 3.17. The number of nitrogens with zero attached hydrogens (tertiary/aromatic N) is 3. The third-order valence-corrected chi connectivity index (χ3v) is 5.70. The van der Waals surface area contributed by atoms with Crippen molar-refractivity contribution < 1.29 is 4.79 Å². The minimum Gasteiger partial charge on any atom is -0.338 e. The van der Waals surface area contributed by atoms with E-state index < -0.39 is 0 Å². The zero-order chi connectivity index (χ0) is 18.0. The summed E-state index contributed by atoms with van der Waals surface area (Å²) < 4.78 is 0. The smallest absolute Gasteiger partial charge is 0.261 e. The van der Waals surface area contributed by atoms with Gasteiger partial charge < -0.3 is 14.8 Å². The van der Waals surface area contributed by atoms with Gasteiger partial charge in [0.05, 0.1) is 11.2 Å². The number of hydrogen-bond acceptors (Lipinski definition) is 5. The molecule has 0 radical (unpaired) electrons. The molecular weight excluding hydrogens is 336 g/mol. The molecule has 0 aromatic carbocycles. The third-order valence-electron chi connectivity index (χ3n) is 4.78. The number of carbonyl (C=O) groups excluding carboxylic acids is 1. The Morgan fingerprint density at radius 1 is 1.48 bits per heavy atom. The van der Waals surface area contributed by atoms with E-state index in [2.05, 4.69) is 21.9 Å². The number of aromatic amines is 1. The molecule has 1 atom stereocenters. The number of thiazole rings is 1. The van der Waals surface area contributed by atoms with Crippen molar-refractivity contribution in [3.05, 3.63) is 49.8 Å². The van der Waals surface area contributed by atoms with Gasteiger partial charge >= 0.3 is 0 Å². The summed E-state index contributed by atoms with van der Waals surface area (Å²) in [5, 5.41) is 0. The van der Waals surface area contributed by atoms with Gasteiger partial charge in [0.2, 0.25) is 0 Å². The van der Waals surface area contributed by atoms with Gasteiger partial charge in [0.15, 0.2) is 0 Å². The molecule has 1 N–H and O–H groups in total. The molecule has 3 rings (SSSR count). The SMILES string of the molecule is Cc1cc[nH]c(=O)c1C(=O)N1CCC(CN(C)Cc2scnc2C)C1. The number of aryl methyl sites for hydroxylation is 2. The normalized spacial score (nSPS) is 17.4. The van der Waals surface area contributed by atoms with Crippen LogP contribution in [0.3, 0.4) is 0 Å². The van der Waals surface area contributed by atoms with Crippen LogP contribution in [0, 0.1) is 19.8 Å². The lowest BCUT2D eigenvalue weighted by atomic mass is 10.1. The van der Waals surface area contributed by atoms with Crippen molar-refractivity contribution in [2.24, 2.45) is 5.92 Å². The number of likely N-dealkylation sites (tertiary alicyclic amines) is 1. The van der Waals surface area contributed by atoms with Crippen LogP contribution in [0.2, 0.25) is 0 Å². The predicted molar refractivity (Wildman–Crippen MR) is 99.0 cm³/mol. The summed E-state index contributed by atoms with van der Waals surface area (Å²) in [5.74, 6) is 0.285. The summed E-state index contributed by atoms with van der Waals surface area (Å²) in [6.07, 6.45) is 2.55. The average molecular weight is 360 g/mol. The minimum absolute atomic E-state index is 0.150. The fraction of sp³-hybridized carbons (Fsp3) is 0.500. The van der Waals surface area contributed by atoms with Crippen LogP contribution in [0.15, 0.2) is 22.6 Å². The van der Waals surface area contributed by atoms with E-state index in [9.17, 15) is 9.59 Å². The Kier molecular flexibility index (Phi) is 5.34. The van der Waals surface area contributed by atoms with Crippen molar-refractivity contribution in [2.45, 2.75) is 26.8 Å². The van der Waals surface area contributed by atoms with Gasteiger partial charge in [0.25, 0.3) is 11.5 Å². The summed E-state index contributed by atoms with van der Waals surface area (Å²) in [7, 11) is 2.11. The number of H-pyrrole nitrogens is 1. The van der Waals surface area contributed by atoms with Crippen LogP contribution in [-0.4, -0.2) is 52.4 Å². The highest BCUT2D eigenvalue weighted by atomic mass is 32.1. The first kappa shape index (κ1) is 17.8. The molecule has 0 spiro atoms. The molecule has 0 bridgehead atoms. The molecule has 25 heavy (non-hydrogen) atoms. The molecule has 1 unspecified atom stereocenters. The number of rotatable bonds is 5.